The van der Waals surface area contributed by atoms with Crippen LogP contribution in [0.2, 0.25) is 0 Å². The Hall–Kier alpha value is -2.82. The summed E-state index contributed by atoms with van der Waals surface area (Å²) in [6, 6.07) is 17.6. The van der Waals surface area contributed by atoms with Crippen molar-refractivity contribution < 1.29 is 14.3 Å². The minimum absolute atomic E-state index is 0.0442. The van der Waals surface area contributed by atoms with E-state index in [0.29, 0.717) is 13.0 Å². The number of methoxy groups -OCH3 is 1. The van der Waals surface area contributed by atoms with Crippen LogP contribution in [0, 0.1) is 0 Å². The van der Waals surface area contributed by atoms with E-state index in [1.807, 2.05) is 61.5 Å². The van der Waals surface area contributed by atoms with Gasteiger partial charge in [0.15, 0.2) is 0 Å². The van der Waals surface area contributed by atoms with Gasteiger partial charge >= 0.3 is 0 Å². The van der Waals surface area contributed by atoms with E-state index in [1.165, 1.54) is 5.56 Å². The van der Waals surface area contributed by atoms with Crippen molar-refractivity contribution in [3.05, 3.63) is 65.7 Å². The zero-order valence-electron chi connectivity index (χ0n) is 16.0. The van der Waals surface area contributed by atoms with Crippen molar-refractivity contribution in [2.45, 2.75) is 38.6 Å². The van der Waals surface area contributed by atoms with E-state index in [0.717, 1.165) is 24.2 Å². The third kappa shape index (κ3) is 7.94. The van der Waals surface area contributed by atoms with E-state index in [4.69, 9.17) is 4.74 Å². The summed E-state index contributed by atoms with van der Waals surface area (Å²) in [4.78, 5) is 23.9. The number of aryl methyl sites for hydroxylation is 1. The maximum absolute atomic E-state index is 12.0. The highest BCUT2D eigenvalue weighted by molar-refractivity contribution is 5.80. The molecule has 0 aliphatic rings. The zero-order valence-corrected chi connectivity index (χ0v) is 16.0. The molecule has 5 nitrogen and oxygen atoms in total. The Labute approximate surface area is 161 Å². The number of amides is 2. The molecular weight excluding hydrogens is 340 g/mol. The molecule has 2 N–H and O–H groups in total. The van der Waals surface area contributed by atoms with Crippen LogP contribution >= 0.6 is 0 Å². The van der Waals surface area contributed by atoms with Gasteiger partial charge < -0.3 is 15.4 Å². The molecule has 0 bridgehead atoms. The molecular formula is C22H28N2O3. The maximum Gasteiger partial charge on any atom is 0.224 e. The van der Waals surface area contributed by atoms with Gasteiger partial charge in [-0.05, 0) is 43.0 Å². The summed E-state index contributed by atoms with van der Waals surface area (Å²) in [7, 11) is 1.65. The lowest BCUT2D eigenvalue weighted by atomic mass is 10.1. The fraction of sp³-hybridized carbons (Fsp3) is 0.364. The molecule has 27 heavy (non-hydrogen) atoms. The van der Waals surface area contributed by atoms with E-state index in [-0.39, 0.29) is 24.3 Å². The van der Waals surface area contributed by atoms with Crippen molar-refractivity contribution in [3.63, 3.8) is 0 Å². The number of ether oxygens (including phenoxy) is 1. The average molecular weight is 368 g/mol. The van der Waals surface area contributed by atoms with E-state index >= 15 is 0 Å². The summed E-state index contributed by atoms with van der Waals surface area (Å²) in [5.41, 5.74) is 2.18. The first-order valence-corrected chi connectivity index (χ1v) is 9.29. The number of hydrogen-bond acceptors (Lipinski definition) is 3. The third-order valence-electron chi connectivity index (χ3n) is 4.31. The van der Waals surface area contributed by atoms with Gasteiger partial charge in [0.2, 0.25) is 11.8 Å². The molecule has 0 aliphatic heterocycles. The van der Waals surface area contributed by atoms with Gasteiger partial charge in [-0.15, -0.1) is 0 Å². The standard InChI is InChI=1S/C22H28N2O3/c1-17(8-9-18-10-12-20(27-2)13-11-18)24-21(25)14-15-23-22(26)16-19-6-4-3-5-7-19/h3-7,10-13,17H,8-9,14-16H2,1-2H3,(H,23,26)(H,24,25). The van der Waals surface area contributed by atoms with Crippen LogP contribution in [0.1, 0.15) is 30.9 Å². The second kappa shape index (κ2) is 11.0. The quantitative estimate of drug-likeness (QED) is 0.678. The van der Waals surface area contributed by atoms with Gasteiger partial charge in [-0.1, -0.05) is 42.5 Å². The van der Waals surface area contributed by atoms with Crippen molar-refractivity contribution in [1.29, 1.82) is 0 Å². The van der Waals surface area contributed by atoms with Gasteiger partial charge in [-0.2, -0.15) is 0 Å². The molecule has 1 unspecified atom stereocenters. The molecule has 2 aromatic rings. The highest BCUT2D eigenvalue weighted by Crippen LogP contribution is 2.13. The van der Waals surface area contributed by atoms with Gasteiger partial charge in [-0.3, -0.25) is 9.59 Å². The molecule has 2 rings (SSSR count). The molecule has 2 amide bonds. The highest BCUT2D eigenvalue weighted by atomic mass is 16.5. The molecule has 144 valence electrons. The van der Waals surface area contributed by atoms with E-state index in [9.17, 15) is 9.59 Å². The van der Waals surface area contributed by atoms with Crippen LogP contribution in [0.15, 0.2) is 54.6 Å². The summed E-state index contributed by atoms with van der Waals surface area (Å²) < 4.78 is 5.15. The topological polar surface area (TPSA) is 67.4 Å². The lowest BCUT2D eigenvalue weighted by Crippen LogP contribution is -2.36. The van der Waals surface area contributed by atoms with Crippen molar-refractivity contribution in [2.75, 3.05) is 13.7 Å². The number of carbonyl (C=O) groups is 2. The molecule has 1 atom stereocenters. The second-order valence-electron chi connectivity index (χ2n) is 6.62. The Balaban J connectivity index is 1.60. The third-order valence-corrected chi connectivity index (χ3v) is 4.31. The Morgan fingerprint density at radius 3 is 2.33 bits per heavy atom. The first kappa shape index (κ1) is 20.5. The molecule has 2 aromatic carbocycles. The lowest BCUT2D eigenvalue weighted by molar-refractivity contribution is -0.122. The molecule has 0 fully saturated rings. The van der Waals surface area contributed by atoms with Crippen LogP contribution in [0.25, 0.3) is 0 Å². The zero-order chi connectivity index (χ0) is 19.5. The van der Waals surface area contributed by atoms with Crippen molar-refractivity contribution in [1.82, 2.24) is 10.6 Å². The van der Waals surface area contributed by atoms with E-state index in [1.54, 1.807) is 7.11 Å². The number of nitrogens with one attached hydrogen (secondary N) is 2. The molecule has 0 saturated carbocycles. The lowest BCUT2D eigenvalue weighted by Gasteiger charge is -2.14. The molecule has 0 heterocycles. The van der Waals surface area contributed by atoms with Crippen LogP contribution in [0.3, 0.4) is 0 Å². The van der Waals surface area contributed by atoms with Gasteiger partial charge in [0.05, 0.1) is 13.5 Å². The minimum atomic E-state index is -0.0680. The van der Waals surface area contributed by atoms with Gasteiger partial charge in [0, 0.05) is 19.0 Å². The predicted molar refractivity (Wildman–Crippen MR) is 107 cm³/mol. The SMILES string of the molecule is COc1ccc(CCC(C)NC(=O)CCNC(=O)Cc2ccccc2)cc1. The van der Waals surface area contributed by atoms with E-state index < -0.39 is 0 Å². The minimum Gasteiger partial charge on any atom is -0.497 e. The molecule has 0 spiro atoms. The van der Waals surface area contributed by atoms with Crippen molar-refractivity contribution in [2.24, 2.45) is 0 Å². The van der Waals surface area contributed by atoms with Crippen molar-refractivity contribution in [3.8, 4) is 5.75 Å². The summed E-state index contributed by atoms with van der Waals surface area (Å²) in [6.07, 6.45) is 2.37. The molecule has 0 saturated heterocycles. The monoisotopic (exact) mass is 368 g/mol. The Morgan fingerprint density at radius 2 is 1.67 bits per heavy atom. The second-order valence-corrected chi connectivity index (χ2v) is 6.62. The molecule has 5 heteroatoms. The number of carbonyl (C=O) groups excluding carboxylic acids is 2. The fourth-order valence-corrected chi connectivity index (χ4v) is 2.75. The number of rotatable bonds is 10. The van der Waals surface area contributed by atoms with Gasteiger partial charge in [0.1, 0.15) is 5.75 Å². The summed E-state index contributed by atoms with van der Waals surface area (Å²) in [6.45, 7) is 2.35. The van der Waals surface area contributed by atoms with Crippen LogP contribution in [-0.4, -0.2) is 31.5 Å². The smallest absolute Gasteiger partial charge is 0.224 e. The van der Waals surface area contributed by atoms with Crippen LogP contribution < -0.4 is 15.4 Å². The average Bonchev–Trinajstić information content (AvgIpc) is 2.67. The van der Waals surface area contributed by atoms with Crippen LogP contribution in [-0.2, 0) is 22.4 Å². The number of hydrogen-bond donors (Lipinski definition) is 2. The van der Waals surface area contributed by atoms with E-state index in [2.05, 4.69) is 10.6 Å². The summed E-state index contributed by atoms with van der Waals surface area (Å²) in [5.74, 6) is 0.730. The van der Waals surface area contributed by atoms with Gasteiger partial charge in [-0.25, -0.2) is 0 Å². The summed E-state index contributed by atoms with van der Waals surface area (Å²) >= 11 is 0. The highest BCUT2D eigenvalue weighted by Gasteiger charge is 2.09. The normalized spacial score (nSPS) is 11.5. The molecule has 0 aliphatic carbocycles. The Morgan fingerprint density at radius 1 is 0.963 bits per heavy atom. The van der Waals surface area contributed by atoms with Gasteiger partial charge in [0.25, 0.3) is 0 Å². The maximum atomic E-state index is 12.0. The first-order valence-electron chi connectivity index (χ1n) is 9.29. The predicted octanol–water partition coefficient (Wildman–Crippen LogP) is 2.88. The molecule has 0 aromatic heterocycles. The largest absolute Gasteiger partial charge is 0.497 e. The van der Waals surface area contributed by atoms with Crippen molar-refractivity contribution >= 4 is 11.8 Å². The first-order chi connectivity index (χ1) is 13.1. The Kier molecular flexibility index (Phi) is 8.36. The Bertz CT molecular complexity index is 714. The summed E-state index contributed by atoms with van der Waals surface area (Å²) in [5, 5.41) is 5.77. The fourth-order valence-electron chi connectivity index (χ4n) is 2.75. The van der Waals surface area contributed by atoms with Crippen LogP contribution in [0.4, 0.5) is 0 Å². The molecule has 0 radical (unpaired) electrons. The van der Waals surface area contributed by atoms with Crippen LogP contribution in [0.5, 0.6) is 5.75 Å². The number of benzene rings is 2.